The highest BCUT2D eigenvalue weighted by molar-refractivity contribution is 5.87. The van der Waals surface area contributed by atoms with E-state index < -0.39 is 11.9 Å². The van der Waals surface area contributed by atoms with E-state index in [1.807, 2.05) is 18.2 Å². The van der Waals surface area contributed by atoms with Gasteiger partial charge in [-0.05, 0) is 36.8 Å². The second-order valence-corrected chi connectivity index (χ2v) is 6.99. The fourth-order valence-electron chi connectivity index (χ4n) is 3.56. The summed E-state index contributed by atoms with van der Waals surface area (Å²) >= 11 is 0. The Bertz CT molecular complexity index is 1170. The zero-order chi connectivity index (χ0) is 22.0. The van der Waals surface area contributed by atoms with E-state index in [2.05, 4.69) is 22.0 Å². The molecule has 1 unspecified atom stereocenters. The van der Waals surface area contributed by atoms with Gasteiger partial charge in [0.2, 0.25) is 5.82 Å². The van der Waals surface area contributed by atoms with Gasteiger partial charge in [0.1, 0.15) is 11.6 Å². The molecule has 1 aliphatic rings. The lowest BCUT2D eigenvalue weighted by atomic mass is 9.94. The molecule has 1 aliphatic heterocycles. The molecule has 1 atom stereocenters. The molecule has 8 heteroatoms. The number of carbonyl (C=O) groups excluding carboxylic acids is 1. The molecule has 0 fully saturated rings. The number of carbonyl (C=O) groups is 1. The van der Waals surface area contributed by atoms with Gasteiger partial charge in [0.05, 0.1) is 18.7 Å². The van der Waals surface area contributed by atoms with Gasteiger partial charge in [-0.25, -0.2) is 9.18 Å². The summed E-state index contributed by atoms with van der Waals surface area (Å²) in [5, 5.41) is 7.01. The number of halogens is 1. The standard InChI is InChI=1S/C23H21FN4O3/c1-4-11-28-14(2)19(20(25-23(28)29)15-7-5-9-17(24)12-15)22-26-21(27-31-22)16-8-6-10-18(13-16)30-3/h4-10,12-13,20H,1,11H2,2-3H3,(H,25,29). The molecule has 1 N–H and O–H groups in total. The Kier molecular flexibility index (Phi) is 5.53. The lowest BCUT2D eigenvalue weighted by Crippen LogP contribution is -2.46. The van der Waals surface area contributed by atoms with Gasteiger partial charge in [-0.3, -0.25) is 4.90 Å². The maximum absolute atomic E-state index is 13.9. The van der Waals surface area contributed by atoms with Crippen LogP contribution in [-0.4, -0.2) is 34.7 Å². The summed E-state index contributed by atoms with van der Waals surface area (Å²) in [6.45, 7) is 5.80. The van der Waals surface area contributed by atoms with Gasteiger partial charge < -0.3 is 14.6 Å². The van der Waals surface area contributed by atoms with Crippen molar-refractivity contribution in [2.45, 2.75) is 13.0 Å². The Morgan fingerprint density at radius 3 is 2.84 bits per heavy atom. The molecule has 0 saturated carbocycles. The number of rotatable bonds is 6. The highest BCUT2D eigenvalue weighted by Gasteiger charge is 2.35. The molecule has 2 amide bonds. The Morgan fingerprint density at radius 2 is 2.10 bits per heavy atom. The first-order valence-electron chi connectivity index (χ1n) is 9.65. The SMILES string of the molecule is C=CCN1C(=O)NC(c2cccc(F)c2)C(c2nc(-c3cccc(OC)c3)no2)=C1C. The minimum Gasteiger partial charge on any atom is -0.497 e. The van der Waals surface area contributed by atoms with E-state index in [1.54, 1.807) is 38.3 Å². The van der Waals surface area contributed by atoms with Gasteiger partial charge in [-0.1, -0.05) is 35.5 Å². The first-order chi connectivity index (χ1) is 15.0. The molecule has 7 nitrogen and oxygen atoms in total. The summed E-state index contributed by atoms with van der Waals surface area (Å²) in [5.74, 6) is 0.872. The number of hydrogen-bond acceptors (Lipinski definition) is 5. The summed E-state index contributed by atoms with van der Waals surface area (Å²) in [7, 11) is 1.58. The van der Waals surface area contributed by atoms with Crippen LogP contribution in [0.1, 0.15) is 24.4 Å². The van der Waals surface area contributed by atoms with Gasteiger partial charge in [-0.15, -0.1) is 6.58 Å². The number of benzene rings is 2. The monoisotopic (exact) mass is 420 g/mol. The van der Waals surface area contributed by atoms with E-state index in [0.717, 1.165) is 5.56 Å². The predicted octanol–water partition coefficient (Wildman–Crippen LogP) is 4.57. The molecule has 1 aromatic heterocycles. The highest BCUT2D eigenvalue weighted by Crippen LogP contribution is 2.37. The van der Waals surface area contributed by atoms with Gasteiger partial charge >= 0.3 is 6.03 Å². The van der Waals surface area contributed by atoms with E-state index >= 15 is 0 Å². The first-order valence-corrected chi connectivity index (χ1v) is 9.65. The number of urea groups is 1. The molecule has 4 rings (SSSR count). The summed E-state index contributed by atoms with van der Waals surface area (Å²) in [6.07, 6.45) is 1.62. The van der Waals surface area contributed by atoms with Crippen LogP contribution in [0.5, 0.6) is 5.75 Å². The molecule has 158 valence electrons. The Hall–Kier alpha value is -3.94. The number of allylic oxidation sites excluding steroid dienone is 1. The van der Waals surface area contributed by atoms with E-state index in [9.17, 15) is 9.18 Å². The van der Waals surface area contributed by atoms with Crippen LogP contribution in [0.4, 0.5) is 9.18 Å². The maximum Gasteiger partial charge on any atom is 0.322 e. The van der Waals surface area contributed by atoms with Crippen molar-refractivity contribution in [2.75, 3.05) is 13.7 Å². The summed E-state index contributed by atoms with van der Waals surface area (Å²) < 4.78 is 24.8. The summed E-state index contributed by atoms with van der Waals surface area (Å²) in [4.78, 5) is 18.8. The van der Waals surface area contributed by atoms with Crippen LogP contribution in [0, 0.1) is 5.82 Å². The largest absolute Gasteiger partial charge is 0.497 e. The Labute approximate surface area is 178 Å². The van der Waals surface area contributed by atoms with Gasteiger partial charge in [-0.2, -0.15) is 4.98 Å². The molecule has 2 heterocycles. The number of aromatic nitrogens is 2. The average Bonchev–Trinajstić information content (AvgIpc) is 3.26. The number of ether oxygens (including phenoxy) is 1. The number of amides is 2. The number of nitrogens with one attached hydrogen (secondary N) is 1. The lowest BCUT2D eigenvalue weighted by molar-refractivity contribution is 0.209. The zero-order valence-corrected chi connectivity index (χ0v) is 17.1. The quantitative estimate of drug-likeness (QED) is 0.591. The van der Waals surface area contributed by atoms with Crippen molar-refractivity contribution in [1.82, 2.24) is 20.4 Å². The fraction of sp³-hybridized carbons (Fsp3) is 0.174. The van der Waals surface area contributed by atoms with Crippen LogP contribution in [0.3, 0.4) is 0 Å². The number of hydrogen-bond donors (Lipinski definition) is 1. The van der Waals surface area contributed by atoms with E-state index in [4.69, 9.17) is 9.26 Å². The first kappa shape index (κ1) is 20.3. The third-order valence-corrected chi connectivity index (χ3v) is 5.07. The molecule has 0 radical (unpaired) electrons. The molecule has 31 heavy (non-hydrogen) atoms. The van der Waals surface area contributed by atoms with Crippen LogP contribution in [0.25, 0.3) is 17.0 Å². The van der Waals surface area contributed by atoms with Gasteiger partial charge in [0.15, 0.2) is 0 Å². The van der Waals surface area contributed by atoms with Crippen molar-refractivity contribution in [2.24, 2.45) is 0 Å². The molecular weight excluding hydrogens is 399 g/mol. The molecule has 3 aromatic rings. The van der Waals surface area contributed by atoms with Crippen LogP contribution >= 0.6 is 0 Å². The van der Waals surface area contributed by atoms with E-state index in [-0.39, 0.29) is 11.9 Å². The average molecular weight is 420 g/mol. The van der Waals surface area contributed by atoms with Crippen LogP contribution in [0.15, 0.2) is 71.4 Å². The van der Waals surface area contributed by atoms with E-state index in [1.165, 1.54) is 17.0 Å². The highest BCUT2D eigenvalue weighted by atomic mass is 19.1. The minimum atomic E-state index is -0.650. The summed E-state index contributed by atoms with van der Waals surface area (Å²) in [6, 6.07) is 12.4. The fourth-order valence-corrected chi connectivity index (χ4v) is 3.56. The maximum atomic E-state index is 13.9. The topological polar surface area (TPSA) is 80.5 Å². The predicted molar refractivity (Wildman–Crippen MR) is 113 cm³/mol. The van der Waals surface area contributed by atoms with Gasteiger partial charge in [0.25, 0.3) is 5.89 Å². The third kappa shape index (κ3) is 3.92. The Morgan fingerprint density at radius 1 is 1.29 bits per heavy atom. The second kappa shape index (κ2) is 8.43. The van der Waals surface area contributed by atoms with Crippen molar-refractivity contribution in [3.05, 3.63) is 84.2 Å². The number of nitrogens with zero attached hydrogens (tertiary/aromatic N) is 3. The number of methoxy groups -OCH3 is 1. The minimum absolute atomic E-state index is 0.235. The molecule has 0 aliphatic carbocycles. The van der Waals surface area contributed by atoms with Crippen molar-refractivity contribution in [3.63, 3.8) is 0 Å². The molecule has 0 saturated heterocycles. The van der Waals surface area contributed by atoms with Crippen molar-refractivity contribution < 1.29 is 18.4 Å². The Balaban J connectivity index is 1.82. The lowest BCUT2D eigenvalue weighted by Gasteiger charge is -2.34. The zero-order valence-electron chi connectivity index (χ0n) is 17.1. The normalized spacial score (nSPS) is 16.3. The second-order valence-electron chi connectivity index (χ2n) is 6.99. The van der Waals surface area contributed by atoms with Crippen LogP contribution in [0.2, 0.25) is 0 Å². The third-order valence-electron chi connectivity index (χ3n) is 5.07. The van der Waals surface area contributed by atoms with Gasteiger partial charge in [0, 0.05) is 17.8 Å². The summed E-state index contributed by atoms with van der Waals surface area (Å²) in [5.41, 5.74) is 2.51. The van der Waals surface area contributed by atoms with Crippen LogP contribution in [-0.2, 0) is 0 Å². The van der Waals surface area contributed by atoms with Crippen molar-refractivity contribution in [3.8, 4) is 17.1 Å². The molecular formula is C23H21FN4O3. The smallest absolute Gasteiger partial charge is 0.322 e. The molecule has 0 spiro atoms. The van der Waals surface area contributed by atoms with Crippen LogP contribution < -0.4 is 10.1 Å². The molecule has 0 bridgehead atoms. The molecule has 2 aromatic carbocycles. The van der Waals surface area contributed by atoms with Crippen molar-refractivity contribution in [1.29, 1.82) is 0 Å². The van der Waals surface area contributed by atoms with Crippen molar-refractivity contribution >= 4 is 11.6 Å². The van der Waals surface area contributed by atoms with E-state index in [0.29, 0.717) is 35.0 Å².